The van der Waals surface area contributed by atoms with Crippen LogP contribution < -0.4 is 10.6 Å². The van der Waals surface area contributed by atoms with Gasteiger partial charge in [-0.15, -0.1) is 11.3 Å². The van der Waals surface area contributed by atoms with Gasteiger partial charge in [0, 0.05) is 17.1 Å². The molecular formula is C15H17N3OS. The van der Waals surface area contributed by atoms with E-state index in [9.17, 15) is 4.79 Å². The maximum atomic E-state index is 12.4. The SMILES string of the molecule is CCNc1ccccc1C(=O)Nc1nc2c(s1)CCC2. The van der Waals surface area contributed by atoms with Crippen LogP contribution >= 0.6 is 11.3 Å². The fourth-order valence-electron chi connectivity index (χ4n) is 2.43. The first-order valence-electron chi connectivity index (χ1n) is 6.90. The molecule has 1 aromatic carbocycles. The van der Waals surface area contributed by atoms with Crippen molar-refractivity contribution in [3.63, 3.8) is 0 Å². The Hall–Kier alpha value is -1.88. The van der Waals surface area contributed by atoms with E-state index in [-0.39, 0.29) is 5.91 Å². The highest BCUT2D eigenvalue weighted by atomic mass is 32.1. The molecule has 104 valence electrons. The molecule has 0 saturated carbocycles. The van der Waals surface area contributed by atoms with E-state index in [2.05, 4.69) is 15.6 Å². The number of aryl methyl sites for hydroxylation is 2. The van der Waals surface area contributed by atoms with Gasteiger partial charge in [-0.05, 0) is 38.3 Å². The van der Waals surface area contributed by atoms with Crippen LogP contribution in [-0.2, 0) is 12.8 Å². The lowest BCUT2D eigenvalue weighted by Gasteiger charge is -2.09. The third-order valence-electron chi connectivity index (χ3n) is 3.36. The summed E-state index contributed by atoms with van der Waals surface area (Å²) < 4.78 is 0. The number of aromatic nitrogens is 1. The van der Waals surface area contributed by atoms with Gasteiger partial charge < -0.3 is 5.32 Å². The van der Waals surface area contributed by atoms with E-state index in [1.54, 1.807) is 11.3 Å². The first kappa shape index (κ1) is 13.1. The third-order valence-corrected chi connectivity index (χ3v) is 4.43. The maximum absolute atomic E-state index is 12.4. The Balaban J connectivity index is 1.78. The van der Waals surface area contributed by atoms with Crippen molar-refractivity contribution in [1.82, 2.24) is 4.98 Å². The quantitative estimate of drug-likeness (QED) is 0.907. The molecule has 0 fully saturated rings. The number of rotatable bonds is 4. The zero-order valence-electron chi connectivity index (χ0n) is 11.4. The normalized spacial score (nSPS) is 13.1. The number of thiazole rings is 1. The molecule has 0 spiro atoms. The minimum absolute atomic E-state index is 0.103. The van der Waals surface area contributed by atoms with Crippen molar-refractivity contribution >= 4 is 28.1 Å². The Morgan fingerprint density at radius 3 is 3.00 bits per heavy atom. The zero-order valence-corrected chi connectivity index (χ0v) is 12.2. The van der Waals surface area contributed by atoms with Crippen LogP contribution in [0.4, 0.5) is 10.8 Å². The Bertz CT molecular complexity index is 614. The van der Waals surface area contributed by atoms with Crippen LogP contribution in [0.25, 0.3) is 0 Å². The Labute approximate surface area is 122 Å². The van der Waals surface area contributed by atoms with Crippen LogP contribution in [0.1, 0.15) is 34.3 Å². The second kappa shape index (κ2) is 5.63. The van der Waals surface area contributed by atoms with Crippen molar-refractivity contribution in [3.8, 4) is 0 Å². The topological polar surface area (TPSA) is 54.0 Å². The van der Waals surface area contributed by atoms with Crippen molar-refractivity contribution in [2.75, 3.05) is 17.2 Å². The van der Waals surface area contributed by atoms with Crippen LogP contribution in [0.3, 0.4) is 0 Å². The molecular weight excluding hydrogens is 270 g/mol. The lowest BCUT2D eigenvalue weighted by molar-refractivity contribution is 0.102. The largest absolute Gasteiger partial charge is 0.385 e. The molecule has 1 aromatic heterocycles. The van der Waals surface area contributed by atoms with Crippen LogP contribution in [0.5, 0.6) is 0 Å². The summed E-state index contributed by atoms with van der Waals surface area (Å²) in [4.78, 5) is 18.2. The highest BCUT2D eigenvalue weighted by molar-refractivity contribution is 7.16. The van der Waals surface area contributed by atoms with Crippen molar-refractivity contribution in [2.45, 2.75) is 26.2 Å². The predicted octanol–water partition coefficient (Wildman–Crippen LogP) is 3.32. The number of amides is 1. The highest BCUT2D eigenvalue weighted by Gasteiger charge is 2.18. The number of carbonyl (C=O) groups is 1. The molecule has 1 amide bonds. The van der Waals surface area contributed by atoms with Crippen molar-refractivity contribution < 1.29 is 4.79 Å². The van der Waals surface area contributed by atoms with Gasteiger partial charge >= 0.3 is 0 Å². The fraction of sp³-hybridized carbons (Fsp3) is 0.333. The van der Waals surface area contributed by atoms with E-state index in [0.29, 0.717) is 10.7 Å². The van der Waals surface area contributed by atoms with Gasteiger partial charge in [-0.1, -0.05) is 12.1 Å². The number of hydrogen-bond donors (Lipinski definition) is 2. The number of carbonyl (C=O) groups excluding carboxylic acids is 1. The summed E-state index contributed by atoms with van der Waals surface area (Å²) in [5, 5.41) is 6.83. The van der Waals surface area contributed by atoms with E-state index in [4.69, 9.17) is 0 Å². The Kier molecular flexibility index (Phi) is 3.69. The molecule has 2 N–H and O–H groups in total. The number of fused-ring (bicyclic) bond motifs is 1. The van der Waals surface area contributed by atoms with Gasteiger partial charge in [-0.3, -0.25) is 10.1 Å². The first-order valence-corrected chi connectivity index (χ1v) is 7.72. The summed E-state index contributed by atoms with van der Waals surface area (Å²) in [6.45, 7) is 2.80. The molecule has 0 atom stereocenters. The molecule has 2 aromatic rings. The third kappa shape index (κ3) is 2.54. The van der Waals surface area contributed by atoms with Gasteiger partial charge in [-0.25, -0.2) is 4.98 Å². The number of nitrogens with zero attached hydrogens (tertiary/aromatic N) is 1. The summed E-state index contributed by atoms with van der Waals surface area (Å²) in [5.41, 5.74) is 2.67. The summed E-state index contributed by atoms with van der Waals surface area (Å²) in [5.74, 6) is -0.103. The molecule has 0 saturated heterocycles. The van der Waals surface area contributed by atoms with E-state index >= 15 is 0 Å². The van der Waals surface area contributed by atoms with E-state index in [0.717, 1.165) is 30.8 Å². The lowest BCUT2D eigenvalue weighted by atomic mass is 10.1. The van der Waals surface area contributed by atoms with Crippen molar-refractivity contribution in [1.29, 1.82) is 0 Å². The molecule has 4 nitrogen and oxygen atoms in total. The van der Waals surface area contributed by atoms with Gasteiger partial charge in [0.15, 0.2) is 5.13 Å². The average molecular weight is 287 g/mol. The standard InChI is InChI=1S/C15H17N3OS/c1-2-16-11-7-4-3-6-10(11)14(19)18-15-17-12-8-5-9-13(12)20-15/h3-4,6-7,16H,2,5,8-9H2,1H3,(H,17,18,19). The number of benzene rings is 1. The maximum Gasteiger partial charge on any atom is 0.259 e. The summed E-state index contributed by atoms with van der Waals surface area (Å²) in [7, 11) is 0. The van der Waals surface area contributed by atoms with Gasteiger partial charge in [0.2, 0.25) is 0 Å². The Morgan fingerprint density at radius 1 is 1.35 bits per heavy atom. The fourth-order valence-corrected chi connectivity index (χ4v) is 3.48. The smallest absolute Gasteiger partial charge is 0.259 e. The molecule has 0 unspecified atom stereocenters. The van der Waals surface area contributed by atoms with Crippen molar-refractivity contribution in [3.05, 3.63) is 40.4 Å². The molecule has 3 rings (SSSR count). The molecule has 1 aliphatic carbocycles. The first-order chi connectivity index (χ1) is 9.78. The molecule has 5 heteroatoms. The van der Waals surface area contributed by atoms with Gasteiger partial charge in [0.05, 0.1) is 11.3 Å². The van der Waals surface area contributed by atoms with Crippen LogP contribution in [0.15, 0.2) is 24.3 Å². The molecule has 1 aliphatic rings. The molecule has 20 heavy (non-hydrogen) atoms. The van der Waals surface area contributed by atoms with Crippen LogP contribution in [0, 0.1) is 0 Å². The summed E-state index contributed by atoms with van der Waals surface area (Å²) in [6.07, 6.45) is 3.32. The summed E-state index contributed by atoms with van der Waals surface area (Å²) in [6, 6.07) is 7.54. The highest BCUT2D eigenvalue weighted by Crippen LogP contribution is 2.30. The monoisotopic (exact) mass is 287 g/mol. The van der Waals surface area contributed by atoms with Gasteiger partial charge in [0.1, 0.15) is 0 Å². The minimum atomic E-state index is -0.103. The number of anilines is 2. The summed E-state index contributed by atoms with van der Waals surface area (Å²) >= 11 is 1.60. The molecule has 0 aliphatic heterocycles. The van der Waals surface area contributed by atoms with Gasteiger partial charge in [-0.2, -0.15) is 0 Å². The number of hydrogen-bond acceptors (Lipinski definition) is 4. The lowest BCUT2D eigenvalue weighted by Crippen LogP contribution is -2.14. The Morgan fingerprint density at radius 2 is 2.20 bits per heavy atom. The molecule has 0 radical (unpaired) electrons. The van der Waals surface area contributed by atoms with Crippen LogP contribution in [-0.4, -0.2) is 17.4 Å². The number of para-hydroxylation sites is 1. The second-order valence-corrected chi connectivity index (χ2v) is 5.86. The zero-order chi connectivity index (χ0) is 13.9. The second-order valence-electron chi connectivity index (χ2n) is 4.77. The molecule has 1 heterocycles. The van der Waals surface area contributed by atoms with Crippen molar-refractivity contribution in [2.24, 2.45) is 0 Å². The van der Waals surface area contributed by atoms with E-state index in [1.165, 1.54) is 11.3 Å². The predicted molar refractivity (Wildman–Crippen MR) is 82.7 cm³/mol. The minimum Gasteiger partial charge on any atom is -0.385 e. The number of nitrogens with one attached hydrogen (secondary N) is 2. The average Bonchev–Trinajstić information content (AvgIpc) is 3.00. The van der Waals surface area contributed by atoms with E-state index in [1.807, 2.05) is 31.2 Å². The van der Waals surface area contributed by atoms with E-state index < -0.39 is 0 Å². The van der Waals surface area contributed by atoms with Gasteiger partial charge in [0.25, 0.3) is 5.91 Å². The molecule has 0 bridgehead atoms. The van der Waals surface area contributed by atoms with Crippen LogP contribution in [0.2, 0.25) is 0 Å².